The molecule has 1 fully saturated rings. The molecule has 1 saturated carbocycles. The van der Waals surface area contributed by atoms with Crippen LogP contribution in [0.3, 0.4) is 0 Å². The van der Waals surface area contributed by atoms with Crippen LogP contribution in [-0.4, -0.2) is 22.0 Å². The normalized spacial score (nSPS) is 17.6. The molecule has 0 radical (unpaired) electrons. The highest BCUT2D eigenvalue weighted by molar-refractivity contribution is 7.09. The Bertz CT molecular complexity index is 425. The highest BCUT2D eigenvalue weighted by Gasteiger charge is 2.42. The van der Waals surface area contributed by atoms with Crippen molar-refractivity contribution in [2.45, 2.75) is 38.6 Å². The minimum Gasteiger partial charge on any atom is -0.481 e. The summed E-state index contributed by atoms with van der Waals surface area (Å²) in [6.07, 6.45) is 4.80. The fraction of sp³-hybridized carbons (Fsp3) is 0.583. The van der Waals surface area contributed by atoms with Crippen LogP contribution in [0.4, 0.5) is 0 Å². The third kappa shape index (κ3) is 2.87. The molecular formula is C12H16N2O3S. The Morgan fingerprint density at radius 1 is 1.44 bits per heavy atom. The molecule has 0 bridgehead atoms. The second-order valence-corrected chi connectivity index (χ2v) is 5.68. The smallest absolute Gasteiger partial charge is 0.310 e. The first-order chi connectivity index (χ1) is 8.62. The van der Waals surface area contributed by atoms with Crippen molar-refractivity contribution >= 4 is 23.2 Å². The van der Waals surface area contributed by atoms with Crippen molar-refractivity contribution in [2.24, 2.45) is 5.41 Å². The van der Waals surface area contributed by atoms with E-state index >= 15 is 0 Å². The van der Waals surface area contributed by atoms with Gasteiger partial charge in [0.25, 0.3) is 0 Å². The predicted octanol–water partition coefficient (Wildman–Crippen LogP) is 1.79. The summed E-state index contributed by atoms with van der Waals surface area (Å²) in [5, 5.41) is 12.0. The summed E-state index contributed by atoms with van der Waals surface area (Å²) >= 11 is 1.47. The molecule has 0 spiro atoms. The number of amides is 1. The van der Waals surface area contributed by atoms with Crippen molar-refractivity contribution < 1.29 is 14.7 Å². The van der Waals surface area contributed by atoms with Crippen LogP contribution >= 0.6 is 11.3 Å². The van der Waals surface area contributed by atoms with E-state index in [-0.39, 0.29) is 12.3 Å². The van der Waals surface area contributed by atoms with Gasteiger partial charge in [0.1, 0.15) is 0 Å². The molecule has 0 saturated heterocycles. The Kier molecular flexibility index (Phi) is 3.96. The number of hydrogen-bond donors (Lipinski definition) is 2. The number of thiazole rings is 1. The first-order valence-electron chi connectivity index (χ1n) is 6.00. The van der Waals surface area contributed by atoms with Crippen molar-refractivity contribution in [3.8, 4) is 0 Å². The van der Waals surface area contributed by atoms with E-state index < -0.39 is 11.4 Å². The summed E-state index contributed by atoms with van der Waals surface area (Å²) < 4.78 is 0. The summed E-state index contributed by atoms with van der Waals surface area (Å²) in [6.45, 7) is 0.430. The lowest BCUT2D eigenvalue weighted by Crippen LogP contribution is -2.35. The second-order valence-electron chi connectivity index (χ2n) is 4.71. The number of rotatable bonds is 5. The highest BCUT2D eigenvalue weighted by Crippen LogP contribution is 2.41. The van der Waals surface area contributed by atoms with Gasteiger partial charge in [0.05, 0.1) is 17.5 Å². The van der Waals surface area contributed by atoms with E-state index in [1.165, 1.54) is 11.3 Å². The van der Waals surface area contributed by atoms with Gasteiger partial charge in [0.2, 0.25) is 5.91 Å². The fourth-order valence-corrected chi connectivity index (χ4v) is 2.94. The minimum absolute atomic E-state index is 0.0845. The van der Waals surface area contributed by atoms with Crippen LogP contribution in [0.5, 0.6) is 0 Å². The number of aliphatic carboxylic acids is 1. The van der Waals surface area contributed by atoms with Gasteiger partial charge in [-0.25, -0.2) is 0 Å². The number of carboxylic acids is 1. The van der Waals surface area contributed by atoms with E-state index in [1.54, 1.807) is 11.7 Å². The van der Waals surface area contributed by atoms with Crippen LogP contribution in [0.25, 0.3) is 0 Å². The van der Waals surface area contributed by atoms with E-state index in [2.05, 4.69) is 10.3 Å². The number of nitrogens with zero attached hydrogens (tertiary/aromatic N) is 1. The lowest BCUT2D eigenvalue weighted by molar-refractivity contribution is -0.151. The van der Waals surface area contributed by atoms with Crippen molar-refractivity contribution in [1.82, 2.24) is 10.3 Å². The van der Waals surface area contributed by atoms with Crippen molar-refractivity contribution in [3.63, 3.8) is 0 Å². The molecule has 6 heteroatoms. The van der Waals surface area contributed by atoms with Crippen molar-refractivity contribution in [1.29, 1.82) is 0 Å². The number of carbonyl (C=O) groups is 2. The molecule has 98 valence electrons. The Labute approximate surface area is 109 Å². The van der Waals surface area contributed by atoms with Gasteiger partial charge in [0, 0.05) is 17.5 Å². The molecule has 0 aromatic carbocycles. The van der Waals surface area contributed by atoms with Gasteiger partial charge in [0.15, 0.2) is 0 Å². The average Bonchev–Trinajstić information content (AvgIpc) is 2.97. The maximum atomic E-state index is 11.8. The third-order valence-corrected chi connectivity index (χ3v) is 4.24. The van der Waals surface area contributed by atoms with Crippen LogP contribution in [0.1, 0.15) is 37.0 Å². The molecule has 2 N–H and O–H groups in total. The first-order valence-corrected chi connectivity index (χ1v) is 6.88. The molecule has 18 heavy (non-hydrogen) atoms. The zero-order valence-electron chi connectivity index (χ0n) is 10.0. The maximum Gasteiger partial charge on any atom is 0.310 e. The number of nitrogens with one attached hydrogen (secondary N) is 1. The maximum absolute atomic E-state index is 11.8. The van der Waals surface area contributed by atoms with Crippen LogP contribution in [0.2, 0.25) is 0 Å². The van der Waals surface area contributed by atoms with E-state index in [1.807, 2.05) is 0 Å². The summed E-state index contributed by atoms with van der Waals surface area (Å²) in [4.78, 5) is 28.0. The van der Waals surface area contributed by atoms with Gasteiger partial charge in [-0.3, -0.25) is 14.6 Å². The molecule has 0 atom stereocenters. The van der Waals surface area contributed by atoms with E-state index in [0.29, 0.717) is 19.4 Å². The topological polar surface area (TPSA) is 79.3 Å². The fourth-order valence-electron chi connectivity index (χ4n) is 2.40. The quantitative estimate of drug-likeness (QED) is 0.853. The zero-order chi connectivity index (χ0) is 13.0. The predicted molar refractivity (Wildman–Crippen MR) is 67.1 cm³/mol. The van der Waals surface area contributed by atoms with Gasteiger partial charge in [-0.2, -0.15) is 0 Å². The molecule has 1 aromatic rings. The van der Waals surface area contributed by atoms with Crippen molar-refractivity contribution in [3.05, 3.63) is 16.6 Å². The highest BCUT2D eigenvalue weighted by atomic mass is 32.1. The third-order valence-electron chi connectivity index (χ3n) is 3.46. The molecule has 1 amide bonds. The Balaban J connectivity index is 1.88. The molecule has 2 rings (SSSR count). The van der Waals surface area contributed by atoms with Crippen LogP contribution < -0.4 is 5.32 Å². The van der Waals surface area contributed by atoms with Gasteiger partial charge < -0.3 is 10.4 Å². The minimum atomic E-state index is -0.840. The Morgan fingerprint density at radius 3 is 2.72 bits per heavy atom. The molecule has 1 aliphatic carbocycles. The SMILES string of the molecule is O=C(CC1(C(=O)O)CCCC1)NCc1cncs1. The molecule has 0 aliphatic heterocycles. The molecule has 1 aromatic heterocycles. The lowest BCUT2D eigenvalue weighted by Gasteiger charge is -2.22. The Morgan fingerprint density at radius 2 is 2.17 bits per heavy atom. The van der Waals surface area contributed by atoms with Crippen molar-refractivity contribution in [2.75, 3.05) is 0 Å². The molecule has 5 nitrogen and oxygen atoms in total. The summed E-state index contributed by atoms with van der Waals surface area (Å²) in [5.74, 6) is -1.03. The molecule has 1 aliphatic rings. The second kappa shape index (κ2) is 5.48. The Hall–Kier alpha value is -1.43. The summed E-state index contributed by atoms with van der Waals surface area (Å²) in [6, 6.07) is 0. The number of hydrogen-bond acceptors (Lipinski definition) is 4. The largest absolute Gasteiger partial charge is 0.481 e. The first kappa shape index (κ1) is 13.0. The van der Waals surface area contributed by atoms with Gasteiger partial charge >= 0.3 is 5.97 Å². The summed E-state index contributed by atoms with van der Waals surface area (Å²) in [7, 11) is 0. The van der Waals surface area contributed by atoms with Gasteiger partial charge in [-0.1, -0.05) is 12.8 Å². The number of carbonyl (C=O) groups excluding carboxylic acids is 1. The number of carboxylic acid groups (broad SMARTS) is 1. The lowest BCUT2D eigenvalue weighted by atomic mass is 9.82. The van der Waals surface area contributed by atoms with E-state index in [9.17, 15) is 14.7 Å². The van der Waals surface area contributed by atoms with Crippen LogP contribution in [-0.2, 0) is 16.1 Å². The zero-order valence-corrected chi connectivity index (χ0v) is 10.8. The van der Waals surface area contributed by atoms with E-state index in [0.717, 1.165) is 17.7 Å². The van der Waals surface area contributed by atoms with E-state index in [4.69, 9.17) is 0 Å². The van der Waals surface area contributed by atoms with Crippen LogP contribution in [0.15, 0.2) is 11.7 Å². The van der Waals surface area contributed by atoms with Crippen LogP contribution in [0, 0.1) is 5.41 Å². The molecule has 1 heterocycles. The molecule has 0 unspecified atom stereocenters. The standard InChI is InChI=1S/C12H16N2O3S/c15-10(14-7-9-6-13-8-18-9)5-12(11(16)17)3-1-2-4-12/h6,8H,1-5,7H2,(H,14,15)(H,16,17). The summed E-state index contributed by atoms with van der Waals surface area (Å²) in [5.41, 5.74) is 0.870. The van der Waals surface area contributed by atoms with Gasteiger partial charge in [-0.05, 0) is 12.8 Å². The molecular weight excluding hydrogens is 252 g/mol. The average molecular weight is 268 g/mol. The number of aromatic nitrogens is 1. The monoisotopic (exact) mass is 268 g/mol. The van der Waals surface area contributed by atoms with Gasteiger partial charge in [-0.15, -0.1) is 11.3 Å².